The Balaban J connectivity index is 2.65. The minimum absolute atomic E-state index is 0.0320. The van der Waals surface area contributed by atoms with Gasteiger partial charge < -0.3 is 10.6 Å². The standard InChI is InChI=1S/C13H16F3N3O4S/c1-9(20)17-6-7-19-24(22,23)11-4-2-10(3-5-11)12(21)18-8-13(14,15)16/h2-5,19H,6-8H2,1H3,(H,17,20)(H,18,21). The van der Waals surface area contributed by atoms with Crippen molar-refractivity contribution in [1.82, 2.24) is 15.4 Å². The minimum atomic E-state index is -4.53. The summed E-state index contributed by atoms with van der Waals surface area (Å²) in [5.74, 6) is -1.27. The van der Waals surface area contributed by atoms with Crippen molar-refractivity contribution in [2.45, 2.75) is 18.0 Å². The van der Waals surface area contributed by atoms with Crippen LogP contribution >= 0.6 is 0 Å². The molecule has 0 aliphatic heterocycles. The third-order valence-electron chi connectivity index (χ3n) is 2.67. The number of alkyl halides is 3. The number of carbonyl (C=O) groups is 2. The van der Waals surface area contributed by atoms with Gasteiger partial charge in [-0.1, -0.05) is 0 Å². The largest absolute Gasteiger partial charge is 0.405 e. The van der Waals surface area contributed by atoms with Crippen LogP contribution in [0.3, 0.4) is 0 Å². The van der Waals surface area contributed by atoms with Gasteiger partial charge >= 0.3 is 6.18 Å². The first kappa shape index (κ1) is 19.9. The van der Waals surface area contributed by atoms with E-state index < -0.39 is 28.7 Å². The van der Waals surface area contributed by atoms with Crippen LogP contribution < -0.4 is 15.4 Å². The highest BCUT2D eigenvalue weighted by Crippen LogP contribution is 2.14. The maximum atomic E-state index is 12.0. The number of rotatable bonds is 7. The molecule has 134 valence electrons. The monoisotopic (exact) mass is 367 g/mol. The Morgan fingerprint density at radius 1 is 1.04 bits per heavy atom. The van der Waals surface area contributed by atoms with E-state index in [0.717, 1.165) is 24.3 Å². The molecule has 1 rings (SSSR count). The molecule has 0 aromatic heterocycles. The number of benzene rings is 1. The Morgan fingerprint density at radius 3 is 2.12 bits per heavy atom. The third kappa shape index (κ3) is 6.96. The normalized spacial score (nSPS) is 11.8. The van der Waals surface area contributed by atoms with Crippen molar-refractivity contribution in [2.24, 2.45) is 0 Å². The van der Waals surface area contributed by atoms with E-state index in [1.165, 1.54) is 6.92 Å². The number of sulfonamides is 1. The summed E-state index contributed by atoms with van der Waals surface area (Å²) < 4.78 is 62.2. The first-order valence-corrected chi connectivity index (χ1v) is 8.19. The second kappa shape index (κ2) is 8.11. The lowest BCUT2D eigenvalue weighted by molar-refractivity contribution is -0.123. The summed E-state index contributed by atoms with van der Waals surface area (Å²) in [6, 6.07) is 4.41. The lowest BCUT2D eigenvalue weighted by Gasteiger charge is -2.09. The number of hydrogen-bond acceptors (Lipinski definition) is 4. The summed E-state index contributed by atoms with van der Waals surface area (Å²) in [5.41, 5.74) is -0.101. The molecule has 0 saturated carbocycles. The molecule has 11 heteroatoms. The van der Waals surface area contributed by atoms with Gasteiger partial charge in [-0.05, 0) is 24.3 Å². The molecular formula is C13H16F3N3O4S. The summed E-state index contributed by atoms with van der Waals surface area (Å²) in [7, 11) is -3.85. The molecule has 0 atom stereocenters. The van der Waals surface area contributed by atoms with Gasteiger partial charge in [-0.25, -0.2) is 13.1 Å². The zero-order valence-corrected chi connectivity index (χ0v) is 13.4. The van der Waals surface area contributed by atoms with Gasteiger partial charge in [0.2, 0.25) is 15.9 Å². The summed E-state index contributed by atoms with van der Waals surface area (Å²) in [4.78, 5) is 22.0. The zero-order valence-electron chi connectivity index (χ0n) is 12.6. The second-order valence-electron chi connectivity index (χ2n) is 4.70. The van der Waals surface area contributed by atoms with Crippen molar-refractivity contribution in [1.29, 1.82) is 0 Å². The van der Waals surface area contributed by atoms with Crippen molar-refractivity contribution >= 4 is 21.8 Å². The molecule has 0 heterocycles. The lowest BCUT2D eigenvalue weighted by atomic mass is 10.2. The molecule has 7 nitrogen and oxygen atoms in total. The number of hydrogen-bond donors (Lipinski definition) is 3. The highest BCUT2D eigenvalue weighted by Gasteiger charge is 2.28. The van der Waals surface area contributed by atoms with E-state index in [1.807, 2.05) is 0 Å². The highest BCUT2D eigenvalue weighted by atomic mass is 32.2. The van der Waals surface area contributed by atoms with Crippen LogP contribution in [-0.4, -0.2) is 46.0 Å². The Hall–Kier alpha value is -2.14. The van der Waals surface area contributed by atoms with Crippen LogP contribution in [0.1, 0.15) is 17.3 Å². The number of amides is 2. The molecule has 0 fully saturated rings. The molecule has 0 spiro atoms. The van der Waals surface area contributed by atoms with Gasteiger partial charge in [-0.2, -0.15) is 13.2 Å². The molecule has 0 bridgehead atoms. The molecule has 0 radical (unpaired) electrons. The maximum Gasteiger partial charge on any atom is 0.405 e. The maximum absolute atomic E-state index is 12.0. The topological polar surface area (TPSA) is 104 Å². The van der Waals surface area contributed by atoms with E-state index in [4.69, 9.17) is 0 Å². The summed E-state index contributed by atoms with van der Waals surface area (Å²) in [6.07, 6.45) is -4.53. The number of halogens is 3. The number of carbonyl (C=O) groups excluding carboxylic acids is 2. The Kier molecular flexibility index (Phi) is 6.72. The van der Waals surface area contributed by atoms with E-state index in [-0.39, 0.29) is 29.5 Å². The molecule has 0 aliphatic rings. The smallest absolute Gasteiger partial charge is 0.355 e. The predicted molar refractivity (Wildman–Crippen MR) is 78.7 cm³/mol. The van der Waals surface area contributed by atoms with E-state index in [0.29, 0.717) is 0 Å². The SMILES string of the molecule is CC(=O)NCCNS(=O)(=O)c1ccc(C(=O)NCC(F)(F)F)cc1. The average molecular weight is 367 g/mol. The highest BCUT2D eigenvalue weighted by molar-refractivity contribution is 7.89. The zero-order chi connectivity index (χ0) is 18.4. The Bertz CT molecular complexity index is 687. The summed E-state index contributed by atoms with van der Waals surface area (Å²) >= 11 is 0. The predicted octanol–water partition coefficient (Wildman–Crippen LogP) is 0.393. The molecule has 0 unspecified atom stereocenters. The lowest BCUT2D eigenvalue weighted by Crippen LogP contribution is -2.34. The van der Waals surface area contributed by atoms with Crippen molar-refractivity contribution in [2.75, 3.05) is 19.6 Å². The molecule has 0 aliphatic carbocycles. The minimum Gasteiger partial charge on any atom is -0.355 e. The first-order valence-electron chi connectivity index (χ1n) is 6.70. The van der Waals surface area contributed by atoms with Crippen molar-refractivity contribution < 1.29 is 31.2 Å². The van der Waals surface area contributed by atoms with Crippen molar-refractivity contribution in [3.63, 3.8) is 0 Å². The van der Waals surface area contributed by atoms with Crippen LogP contribution in [0.2, 0.25) is 0 Å². The van der Waals surface area contributed by atoms with Crippen LogP contribution in [0.4, 0.5) is 13.2 Å². The van der Waals surface area contributed by atoms with E-state index in [2.05, 4.69) is 10.0 Å². The van der Waals surface area contributed by atoms with Crippen LogP contribution in [0, 0.1) is 0 Å². The van der Waals surface area contributed by atoms with Crippen LogP contribution in [0.15, 0.2) is 29.2 Å². The van der Waals surface area contributed by atoms with Crippen LogP contribution in [0.25, 0.3) is 0 Å². The van der Waals surface area contributed by atoms with Crippen LogP contribution in [0.5, 0.6) is 0 Å². The van der Waals surface area contributed by atoms with E-state index in [9.17, 15) is 31.2 Å². The first-order chi connectivity index (χ1) is 11.0. The molecule has 3 N–H and O–H groups in total. The van der Waals surface area contributed by atoms with Gasteiger partial charge in [0, 0.05) is 25.6 Å². The van der Waals surface area contributed by atoms with Crippen LogP contribution in [-0.2, 0) is 14.8 Å². The molecule has 24 heavy (non-hydrogen) atoms. The van der Waals surface area contributed by atoms with Crippen molar-refractivity contribution in [3.8, 4) is 0 Å². The molecule has 1 aromatic carbocycles. The fourth-order valence-corrected chi connectivity index (χ4v) is 2.61. The average Bonchev–Trinajstić information content (AvgIpc) is 2.48. The van der Waals surface area contributed by atoms with Gasteiger partial charge in [0.25, 0.3) is 5.91 Å². The Labute approximate surface area is 136 Å². The molecule has 1 aromatic rings. The van der Waals surface area contributed by atoms with Gasteiger partial charge in [0.1, 0.15) is 6.54 Å². The van der Waals surface area contributed by atoms with Gasteiger partial charge in [0.05, 0.1) is 4.90 Å². The van der Waals surface area contributed by atoms with E-state index >= 15 is 0 Å². The number of nitrogens with one attached hydrogen (secondary N) is 3. The van der Waals surface area contributed by atoms with Gasteiger partial charge in [-0.3, -0.25) is 9.59 Å². The molecular weight excluding hydrogens is 351 g/mol. The fraction of sp³-hybridized carbons (Fsp3) is 0.385. The fourth-order valence-electron chi connectivity index (χ4n) is 1.58. The Morgan fingerprint density at radius 2 is 1.62 bits per heavy atom. The van der Waals surface area contributed by atoms with Crippen molar-refractivity contribution in [3.05, 3.63) is 29.8 Å². The quantitative estimate of drug-likeness (QED) is 0.607. The second-order valence-corrected chi connectivity index (χ2v) is 6.47. The molecule has 2 amide bonds. The third-order valence-corrected chi connectivity index (χ3v) is 4.14. The summed E-state index contributed by atoms with van der Waals surface area (Å²) in [6.45, 7) is -0.115. The van der Waals surface area contributed by atoms with Gasteiger partial charge in [-0.15, -0.1) is 0 Å². The molecule has 0 saturated heterocycles. The summed E-state index contributed by atoms with van der Waals surface area (Å²) in [5, 5.41) is 4.09. The van der Waals surface area contributed by atoms with E-state index in [1.54, 1.807) is 5.32 Å². The van der Waals surface area contributed by atoms with Gasteiger partial charge in [0.15, 0.2) is 0 Å².